The van der Waals surface area contributed by atoms with Gasteiger partial charge in [0.15, 0.2) is 11.4 Å². The minimum Gasteiger partial charge on any atom is -0.497 e. The lowest BCUT2D eigenvalue weighted by Gasteiger charge is -2.11. The van der Waals surface area contributed by atoms with Gasteiger partial charge in [0.1, 0.15) is 23.2 Å². The summed E-state index contributed by atoms with van der Waals surface area (Å²) in [6.45, 7) is 3.87. The molecule has 0 aliphatic heterocycles. The van der Waals surface area contributed by atoms with Crippen molar-refractivity contribution in [3.05, 3.63) is 76.0 Å². The van der Waals surface area contributed by atoms with E-state index in [1.165, 1.54) is 36.9 Å². The largest absolute Gasteiger partial charge is 0.497 e. The second-order valence-corrected chi connectivity index (χ2v) is 7.23. The molecule has 0 atom stereocenters. The minimum atomic E-state index is -0.338. The first-order valence-electron chi connectivity index (χ1n) is 9.69. The third-order valence-corrected chi connectivity index (χ3v) is 5.31. The molecule has 0 amide bonds. The van der Waals surface area contributed by atoms with E-state index < -0.39 is 0 Å². The Morgan fingerprint density at radius 2 is 1.84 bits per heavy atom. The molecule has 0 radical (unpaired) electrons. The second kappa shape index (κ2) is 8.06. The molecule has 4 aromatic rings. The van der Waals surface area contributed by atoms with Gasteiger partial charge in [0, 0.05) is 0 Å². The van der Waals surface area contributed by atoms with Gasteiger partial charge in [-0.3, -0.25) is 14.2 Å². The molecule has 31 heavy (non-hydrogen) atoms. The molecule has 0 fully saturated rings. The number of fused-ring (bicyclic) bond motifs is 1. The molecule has 2 heterocycles. The van der Waals surface area contributed by atoms with Gasteiger partial charge in [-0.15, -0.1) is 0 Å². The Balaban J connectivity index is 1.70. The summed E-state index contributed by atoms with van der Waals surface area (Å²) in [7, 11) is 3.01. The average molecular weight is 418 g/mol. The molecule has 0 aliphatic rings. The first-order valence-corrected chi connectivity index (χ1v) is 9.69. The Morgan fingerprint density at radius 3 is 2.55 bits per heavy atom. The molecular formula is C23H22N4O4. The molecule has 8 nitrogen and oxygen atoms in total. The summed E-state index contributed by atoms with van der Waals surface area (Å²) in [5.41, 5.74) is 3.54. The Kier molecular flexibility index (Phi) is 5.29. The Hall–Kier alpha value is -3.94. The van der Waals surface area contributed by atoms with Gasteiger partial charge in [0.2, 0.25) is 0 Å². The fraction of sp³-hybridized carbons (Fsp3) is 0.217. The highest BCUT2D eigenvalue weighted by Crippen LogP contribution is 2.25. The molecule has 0 saturated heterocycles. The number of benzene rings is 2. The van der Waals surface area contributed by atoms with E-state index in [-0.39, 0.29) is 17.9 Å². The smallest absolute Gasteiger partial charge is 0.264 e. The van der Waals surface area contributed by atoms with Gasteiger partial charge in [-0.05, 0) is 55.3 Å². The topological polar surface area (TPSA) is 88.2 Å². The number of nitrogens with zero attached hydrogens (tertiary/aromatic N) is 4. The van der Waals surface area contributed by atoms with Crippen LogP contribution in [0.2, 0.25) is 0 Å². The highest BCUT2D eigenvalue weighted by atomic mass is 16.5. The second-order valence-electron chi connectivity index (χ2n) is 7.23. The van der Waals surface area contributed by atoms with Crippen LogP contribution < -0.4 is 15.0 Å². The summed E-state index contributed by atoms with van der Waals surface area (Å²) < 4.78 is 13.4. The van der Waals surface area contributed by atoms with Crippen LogP contribution in [0.15, 0.2) is 53.7 Å². The van der Waals surface area contributed by atoms with Crippen molar-refractivity contribution in [3.8, 4) is 17.2 Å². The van der Waals surface area contributed by atoms with Gasteiger partial charge < -0.3 is 9.47 Å². The molecule has 2 aromatic heterocycles. The van der Waals surface area contributed by atoms with Crippen LogP contribution in [-0.4, -0.2) is 39.3 Å². The zero-order valence-corrected chi connectivity index (χ0v) is 17.7. The summed E-state index contributed by atoms with van der Waals surface area (Å²) in [6, 6.07) is 10.9. The normalized spacial score (nSPS) is 11.0. The van der Waals surface area contributed by atoms with Crippen LogP contribution >= 0.6 is 0 Å². The number of rotatable bonds is 6. The fourth-order valence-corrected chi connectivity index (χ4v) is 3.38. The summed E-state index contributed by atoms with van der Waals surface area (Å²) in [5.74, 6) is 0.649. The van der Waals surface area contributed by atoms with E-state index in [0.717, 1.165) is 11.3 Å². The van der Waals surface area contributed by atoms with Crippen LogP contribution in [0.4, 0.5) is 0 Å². The maximum absolute atomic E-state index is 13.0. The summed E-state index contributed by atoms with van der Waals surface area (Å²) in [5, 5.41) is 4.68. The van der Waals surface area contributed by atoms with Crippen molar-refractivity contribution < 1.29 is 14.3 Å². The lowest BCUT2D eigenvalue weighted by Crippen LogP contribution is -2.25. The van der Waals surface area contributed by atoms with Gasteiger partial charge in [-0.25, -0.2) is 9.67 Å². The van der Waals surface area contributed by atoms with Crippen molar-refractivity contribution in [1.82, 2.24) is 19.3 Å². The van der Waals surface area contributed by atoms with Crippen molar-refractivity contribution in [2.24, 2.45) is 0 Å². The lowest BCUT2D eigenvalue weighted by atomic mass is 10.1. The predicted molar refractivity (Wildman–Crippen MR) is 116 cm³/mol. The van der Waals surface area contributed by atoms with Gasteiger partial charge in [0.05, 0.1) is 38.2 Å². The summed E-state index contributed by atoms with van der Waals surface area (Å²) >= 11 is 0. The number of Topliss-reactive ketones (excluding diaryl/α,β-unsaturated/α-hetero) is 1. The number of ether oxygens (including phenoxy) is 2. The van der Waals surface area contributed by atoms with E-state index in [1.807, 2.05) is 32.0 Å². The third kappa shape index (κ3) is 3.68. The van der Waals surface area contributed by atoms with Crippen molar-refractivity contribution >= 4 is 16.8 Å². The Bertz CT molecular complexity index is 1350. The highest BCUT2D eigenvalue weighted by molar-refractivity contribution is 5.99. The van der Waals surface area contributed by atoms with E-state index in [4.69, 9.17) is 9.47 Å². The van der Waals surface area contributed by atoms with Crippen molar-refractivity contribution in [1.29, 1.82) is 0 Å². The molecule has 2 aromatic carbocycles. The number of carbonyl (C=O) groups is 1. The molecular weight excluding hydrogens is 396 g/mol. The number of methoxy groups -OCH3 is 2. The van der Waals surface area contributed by atoms with Crippen LogP contribution in [-0.2, 0) is 6.54 Å². The van der Waals surface area contributed by atoms with Gasteiger partial charge in [-0.1, -0.05) is 6.07 Å². The van der Waals surface area contributed by atoms with E-state index in [9.17, 15) is 9.59 Å². The fourth-order valence-electron chi connectivity index (χ4n) is 3.38. The molecule has 0 saturated carbocycles. The van der Waals surface area contributed by atoms with Gasteiger partial charge in [0.25, 0.3) is 5.56 Å². The monoisotopic (exact) mass is 418 g/mol. The lowest BCUT2D eigenvalue weighted by molar-refractivity contribution is 0.0967. The Labute approximate surface area is 178 Å². The number of carbonyl (C=O) groups excluding carboxylic acids is 1. The average Bonchev–Trinajstić information content (AvgIpc) is 3.22. The van der Waals surface area contributed by atoms with Crippen molar-refractivity contribution in [3.63, 3.8) is 0 Å². The van der Waals surface area contributed by atoms with Crippen molar-refractivity contribution in [2.75, 3.05) is 14.2 Å². The SMILES string of the molecule is COc1ccc(OC)c(C(=O)Cn2cnc3c(cnn3-c3ccc(C)c(C)c3)c2=O)c1. The van der Waals surface area contributed by atoms with Crippen LogP contribution in [0.5, 0.6) is 11.5 Å². The summed E-state index contributed by atoms with van der Waals surface area (Å²) in [4.78, 5) is 30.3. The molecule has 8 heteroatoms. The van der Waals surface area contributed by atoms with E-state index in [0.29, 0.717) is 28.1 Å². The number of hydrogen-bond donors (Lipinski definition) is 0. The van der Waals surface area contributed by atoms with Crippen LogP contribution in [0, 0.1) is 13.8 Å². The third-order valence-electron chi connectivity index (χ3n) is 5.31. The first kappa shape index (κ1) is 20.3. The quantitative estimate of drug-likeness (QED) is 0.447. The van der Waals surface area contributed by atoms with Gasteiger partial charge >= 0.3 is 0 Å². The summed E-state index contributed by atoms with van der Waals surface area (Å²) in [6.07, 6.45) is 2.85. The van der Waals surface area contributed by atoms with Gasteiger partial charge in [-0.2, -0.15) is 5.10 Å². The molecule has 158 valence electrons. The van der Waals surface area contributed by atoms with Crippen LogP contribution in [0.3, 0.4) is 0 Å². The highest BCUT2D eigenvalue weighted by Gasteiger charge is 2.17. The van der Waals surface area contributed by atoms with E-state index >= 15 is 0 Å². The number of aryl methyl sites for hydroxylation is 2. The number of hydrogen-bond acceptors (Lipinski definition) is 6. The molecule has 4 rings (SSSR count). The zero-order valence-electron chi connectivity index (χ0n) is 17.7. The number of aromatic nitrogens is 4. The molecule has 0 spiro atoms. The number of ketones is 1. The van der Waals surface area contributed by atoms with E-state index in [1.54, 1.807) is 22.9 Å². The van der Waals surface area contributed by atoms with Crippen molar-refractivity contribution in [2.45, 2.75) is 20.4 Å². The molecule has 0 aliphatic carbocycles. The van der Waals surface area contributed by atoms with Crippen LogP contribution in [0.1, 0.15) is 21.5 Å². The standard InChI is InChI=1S/C23H22N4O4/c1-14-5-6-16(9-15(14)2)27-22-19(11-25-27)23(29)26(13-24-22)12-20(28)18-10-17(30-3)7-8-21(18)31-4/h5-11,13H,12H2,1-4H3. The zero-order chi connectivity index (χ0) is 22.1. The van der Waals surface area contributed by atoms with E-state index in [2.05, 4.69) is 10.1 Å². The minimum absolute atomic E-state index is 0.180. The molecule has 0 bridgehead atoms. The molecule has 0 unspecified atom stereocenters. The van der Waals surface area contributed by atoms with Crippen LogP contribution in [0.25, 0.3) is 16.7 Å². The Morgan fingerprint density at radius 1 is 1.03 bits per heavy atom. The predicted octanol–water partition coefficient (Wildman–Crippen LogP) is 3.10. The maximum atomic E-state index is 13.0. The molecule has 0 N–H and O–H groups in total. The maximum Gasteiger partial charge on any atom is 0.264 e. The first-order chi connectivity index (χ1) is 14.9.